The number of benzene rings is 6. The number of hydrogen-bond acceptors (Lipinski definition) is 3. The summed E-state index contributed by atoms with van der Waals surface area (Å²) >= 11 is 0. The zero-order valence-corrected chi connectivity index (χ0v) is 21.4. The lowest BCUT2D eigenvalue weighted by atomic mass is 10.0. The maximum atomic E-state index is 6.44. The summed E-state index contributed by atoms with van der Waals surface area (Å²) in [7, 11) is 0. The van der Waals surface area contributed by atoms with E-state index in [1.807, 2.05) is 30.3 Å². The topological polar surface area (TPSA) is 39.9 Å². The molecular weight excluding hydrogens is 490 g/mol. The van der Waals surface area contributed by atoms with Gasteiger partial charge >= 0.3 is 0 Å². The van der Waals surface area contributed by atoms with Crippen LogP contribution in [0.1, 0.15) is 0 Å². The third-order valence-electron chi connectivity index (χ3n) is 7.95. The Kier molecular flexibility index (Phi) is 4.30. The molecule has 1 aliphatic rings. The Morgan fingerprint density at radius 3 is 2.02 bits per heavy atom. The Bertz CT molecular complexity index is 2300. The molecule has 6 aromatic carbocycles. The number of hydrogen-bond donors (Lipinski definition) is 0. The number of para-hydroxylation sites is 2. The molecule has 9 rings (SSSR count). The minimum atomic E-state index is 0.805. The molecule has 4 heteroatoms. The second-order valence-electron chi connectivity index (χ2n) is 10.2. The quantitative estimate of drug-likeness (QED) is 0.237. The van der Waals surface area contributed by atoms with Crippen LogP contribution in [0.5, 0.6) is 11.5 Å². The van der Waals surface area contributed by atoms with Crippen molar-refractivity contribution in [3.05, 3.63) is 127 Å². The van der Waals surface area contributed by atoms with E-state index in [-0.39, 0.29) is 0 Å². The molecule has 186 valence electrons. The Labute approximate surface area is 229 Å². The predicted octanol–water partition coefficient (Wildman–Crippen LogP) is 9.32. The monoisotopic (exact) mass is 511 g/mol. The maximum absolute atomic E-state index is 6.44. The lowest BCUT2D eigenvalue weighted by Gasteiger charge is -2.15. The largest absolute Gasteiger partial charge is 0.456 e. The van der Waals surface area contributed by atoms with Crippen molar-refractivity contribution in [2.45, 2.75) is 0 Å². The van der Waals surface area contributed by atoms with Gasteiger partial charge in [-0.15, -0.1) is 0 Å². The summed E-state index contributed by atoms with van der Waals surface area (Å²) in [4.78, 5) is 10.5. The predicted molar refractivity (Wildman–Crippen MR) is 162 cm³/mol. The van der Waals surface area contributed by atoms with Gasteiger partial charge in [-0.1, -0.05) is 84.9 Å². The van der Waals surface area contributed by atoms with Crippen molar-refractivity contribution in [1.82, 2.24) is 14.5 Å². The van der Waals surface area contributed by atoms with Crippen molar-refractivity contribution in [2.24, 2.45) is 0 Å². The van der Waals surface area contributed by atoms with Crippen LogP contribution in [0.3, 0.4) is 0 Å². The van der Waals surface area contributed by atoms with Gasteiger partial charge in [0.15, 0.2) is 5.82 Å². The van der Waals surface area contributed by atoms with E-state index < -0.39 is 0 Å². The highest BCUT2D eigenvalue weighted by atomic mass is 16.5. The Morgan fingerprint density at radius 2 is 1.15 bits per heavy atom. The van der Waals surface area contributed by atoms with Gasteiger partial charge in [0.25, 0.3) is 0 Å². The fourth-order valence-electron chi connectivity index (χ4n) is 6.19. The van der Waals surface area contributed by atoms with E-state index in [4.69, 9.17) is 14.7 Å². The Hall–Kier alpha value is -5.48. The standard InChI is InChI=1S/C36H21N3O/c1-2-9-22(10-3-1)24-12-6-13-25(21-24)35-36(38-27-15-5-4-14-26(27)37-35)39-28-16-8-18-31-33(28)34-29(39)20-19-23-11-7-17-30(40-31)32(23)34/h1-21H. The molecule has 0 bridgehead atoms. The summed E-state index contributed by atoms with van der Waals surface area (Å²) < 4.78 is 8.70. The lowest BCUT2D eigenvalue weighted by Crippen LogP contribution is -2.03. The molecule has 40 heavy (non-hydrogen) atoms. The highest BCUT2D eigenvalue weighted by Gasteiger charge is 2.26. The molecule has 0 saturated heterocycles. The van der Waals surface area contributed by atoms with Crippen LogP contribution in [0.4, 0.5) is 0 Å². The van der Waals surface area contributed by atoms with Crippen molar-refractivity contribution in [3.8, 4) is 39.7 Å². The maximum Gasteiger partial charge on any atom is 0.165 e. The first kappa shape index (κ1) is 21.5. The second-order valence-corrected chi connectivity index (χ2v) is 10.2. The van der Waals surface area contributed by atoms with Crippen LogP contribution in [-0.4, -0.2) is 14.5 Å². The van der Waals surface area contributed by atoms with Gasteiger partial charge in [-0.3, -0.25) is 4.57 Å². The molecule has 0 aliphatic carbocycles. The van der Waals surface area contributed by atoms with E-state index in [0.29, 0.717) is 0 Å². The molecule has 0 unspecified atom stereocenters. The van der Waals surface area contributed by atoms with E-state index in [1.54, 1.807) is 0 Å². The molecule has 3 heterocycles. The first-order valence-electron chi connectivity index (χ1n) is 13.4. The minimum absolute atomic E-state index is 0.805. The molecule has 0 fully saturated rings. The summed E-state index contributed by atoms with van der Waals surface area (Å²) in [5.74, 6) is 2.56. The Balaban J connectivity index is 1.42. The summed E-state index contributed by atoms with van der Waals surface area (Å²) in [6, 6.07) is 44.0. The van der Waals surface area contributed by atoms with E-state index in [9.17, 15) is 0 Å². The molecule has 0 amide bonds. The van der Waals surface area contributed by atoms with Crippen LogP contribution in [0.15, 0.2) is 127 Å². The number of fused-ring (bicyclic) bond motifs is 1. The summed E-state index contributed by atoms with van der Waals surface area (Å²) in [6.07, 6.45) is 0. The molecule has 2 aromatic heterocycles. The van der Waals surface area contributed by atoms with Gasteiger partial charge < -0.3 is 4.74 Å². The van der Waals surface area contributed by atoms with Crippen molar-refractivity contribution in [3.63, 3.8) is 0 Å². The smallest absolute Gasteiger partial charge is 0.165 e. The number of nitrogens with zero attached hydrogens (tertiary/aromatic N) is 3. The molecule has 0 atom stereocenters. The van der Waals surface area contributed by atoms with Crippen LogP contribution < -0.4 is 4.74 Å². The van der Waals surface area contributed by atoms with Gasteiger partial charge in [0.05, 0.1) is 27.5 Å². The van der Waals surface area contributed by atoms with E-state index >= 15 is 0 Å². The summed E-state index contributed by atoms with van der Waals surface area (Å²) in [6.45, 7) is 0. The zero-order valence-electron chi connectivity index (χ0n) is 21.4. The van der Waals surface area contributed by atoms with Gasteiger partial charge in [0.1, 0.15) is 17.2 Å². The van der Waals surface area contributed by atoms with Crippen LogP contribution >= 0.6 is 0 Å². The van der Waals surface area contributed by atoms with E-state index in [0.717, 1.165) is 67.0 Å². The van der Waals surface area contributed by atoms with Crippen LogP contribution in [0.25, 0.3) is 71.8 Å². The van der Waals surface area contributed by atoms with Gasteiger partial charge in [0, 0.05) is 16.3 Å². The normalized spacial score (nSPS) is 12.2. The zero-order chi connectivity index (χ0) is 26.2. The van der Waals surface area contributed by atoms with Gasteiger partial charge in [0.2, 0.25) is 0 Å². The van der Waals surface area contributed by atoms with Crippen LogP contribution in [0, 0.1) is 0 Å². The number of ether oxygens (including phenoxy) is 1. The first-order valence-corrected chi connectivity index (χ1v) is 13.4. The second kappa shape index (κ2) is 8.01. The fraction of sp³-hybridized carbons (Fsp3) is 0. The van der Waals surface area contributed by atoms with Crippen molar-refractivity contribution < 1.29 is 4.74 Å². The van der Waals surface area contributed by atoms with E-state index in [2.05, 4.69) is 102 Å². The van der Waals surface area contributed by atoms with Crippen molar-refractivity contribution in [2.75, 3.05) is 0 Å². The third-order valence-corrected chi connectivity index (χ3v) is 7.95. The molecular formula is C36H21N3O. The Morgan fingerprint density at radius 1 is 0.475 bits per heavy atom. The molecule has 4 nitrogen and oxygen atoms in total. The van der Waals surface area contributed by atoms with Gasteiger partial charge in [-0.2, -0.15) is 0 Å². The molecule has 0 spiro atoms. The van der Waals surface area contributed by atoms with Gasteiger partial charge in [-0.05, 0) is 59.0 Å². The van der Waals surface area contributed by atoms with E-state index in [1.165, 1.54) is 16.3 Å². The number of rotatable bonds is 3. The molecule has 1 aliphatic heterocycles. The molecule has 0 N–H and O–H groups in total. The van der Waals surface area contributed by atoms with Gasteiger partial charge in [-0.25, -0.2) is 9.97 Å². The van der Waals surface area contributed by atoms with Crippen LogP contribution in [-0.2, 0) is 0 Å². The summed E-state index contributed by atoms with van der Waals surface area (Å²) in [5.41, 5.74) is 8.05. The SMILES string of the molecule is c1ccc(-c2cccc(-c3nc4ccccc4nc3-n3c4cccc5c4c4c6c(cccc6ccc43)O5)c2)cc1. The molecule has 0 radical (unpaired) electrons. The average molecular weight is 512 g/mol. The highest BCUT2D eigenvalue weighted by Crippen LogP contribution is 2.49. The highest BCUT2D eigenvalue weighted by molar-refractivity contribution is 6.26. The first-order chi connectivity index (χ1) is 19.8. The summed E-state index contributed by atoms with van der Waals surface area (Å²) in [5, 5.41) is 4.62. The molecule has 8 aromatic rings. The van der Waals surface area contributed by atoms with Crippen molar-refractivity contribution in [1.29, 1.82) is 0 Å². The minimum Gasteiger partial charge on any atom is -0.456 e. The number of aromatic nitrogens is 3. The average Bonchev–Trinajstić information content (AvgIpc) is 3.36. The third kappa shape index (κ3) is 2.96. The van der Waals surface area contributed by atoms with Crippen molar-refractivity contribution >= 4 is 43.6 Å². The lowest BCUT2D eigenvalue weighted by molar-refractivity contribution is 0.493. The molecule has 0 saturated carbocycles. The van der Waals surface area contributed by atoms with Crippen LogP contribution in [0.2, 0.25) is 0 Å². The fourth-order valence-corrected chi connectivity index (χ4v) is 6.19.